The first-order chi connectivity index (χ1) is 7.04. The molecule has 0 fully saturated rings. The number of benzene rings is 1. The van der Waals surface area contributed by atoms with Gasteiger partial charge in [-0.05, 0) is 49.6 Å². The summed E-state index contributed by atoms with van der Waals surface area (Å²) in [4.78, 5) is 0. The zero-order chi connectivity index (χ0) is 11.4. The zero-order valence-electron chi connectivity index (χ0n) is 8.80. The minimum Gasteiger partial charge on any atom is -0.329 e. The minimum atomic E-state index is 0.143. The van der Waals surface area contributed by atoms with E-state index in [-0.39, 0.29) is 6.04 Å². The molecule has 0 aliphatic carbocycles. The van der Waals surface area contributed by atoms with Crippen LogP contribution in [0.2, 0.25) is 0 Å². The molecule has 0 amide bonds. The van der Waals surface area contributed by atoms with Gasteiger partial charge in [0.2, 0.25) is 0 Å². The van der Waals surface area contributed by atoms with Gasteiger partial charge in [0.15, 0.2) is 0 Å². The molecule has 0 spiro atoms. The molecule has 0 radical (unpaired) electrons. The maximum atomic E-state index is 5.73. The van der Waals surface area contributed by atoms with E-state index >= 15 is 0 Å². The molecular formula is C10H15Br2N3. The summed E-state index contributed by atoms with van der Waals surface area (Å²) in [6.07, 6.45) is 0. The van der Waals surface area contributed by atoms with E-state index in [4.69, 9.17) is 5.73 Å². The number of nitrogens with two attached hydrogens (primary N) is 1. The largest absolute Gasteiger partial charge is 0.329 e. The normalized spacial score (nSPS) is 13.2. The predicted octanol–water partition coefficient (Wildman–Crippen LogP) is 2.28. The van der Waals surface area contributed by atoms with Crippen LogP contribution in [0, 0.1) is 0 Å². The summed E-state index contributed by atoms with van der Waals surface area (Å²) in [7, 11) is 3.91. The highest BCUT2D eigenvalue weighted by molar-refractivity contribution is 9.13. The average molecular weight is 337 g/mol. The van der Waals surface area contributed by atoms with E-state index in [1.165, 1.54) is 5.56 Å². The van der Waals surface area contributed by atoms with E-state index in [2.05, 4.69) is 49.4 Å². The zero-order valence-corrected chi connectivity index (χ0v) is 12.0. The molecule has 3 nitrogen and oxygen atoms in total. The Morgan fingerprint density at radius 3 is 2.47 bits per heavy atom. The third-order valence-electron chi connectivity index (χ3n) is 2.00. The molecule has 0 aliphatic heterocycles. The van der Waals surface area contributed by atoms with Crippen LogP contribution in [0.15, 0.2) is 27.1 Å². The fourth-order valence-electron chi connectivity index (χ4n) is 1.30. The monoisotopic (exact) mass is 335 g/mol. The molecule has 0 heterocycles. The van der Waals surface area contributed by atoms with Crippen molar-refractivity contribution in [2.45, 2.75) is 6.04 Å². The van der Waals surface area contributed by atoms with Crippen molar-refractivity contribution in [2.75, 3.05) is 20.6 Å². The third kappa shape index (κ3) is 3.85. The van der Waals surface area contributed by atoms with Crippen LogP contribution in [-0.2, 0) is 0 Å². The van der Waals surface area contributed by atoms with Crippen LogP contribution in [0.25, 0.3) is 0 Å². The number of hydrogen-bond donors (Lipinski definition) is 2. The lowest BCUT2D eigenvalue weighted by atomic mass is 10.1. The summed E-state index contributed by atoms with van der Waals surface area (Å²) >= 11 is 6.92. The summed E-state index contributed by atoms with van der Waals surface area (Å²) < 4.78 is 2.09. The Hall–Kier alpha value is 0.0600. The van der Waals surface area contributed by atoms with Gasteiger partial charge < -0.3 is 5.73 Å². The number of nitrogens with zero attached hydrogens (tertiary/aromatic N) is 1. The molecule has 5 heteroatoms. The number of nitrogens with one attached hydrogen (secondary N) is 1. The highest BCUT2D eigenvalue weighted by atomic mass is 79.9. The third-order valence-corrected chi connectivity index (χ3v) is 3.88. The fraction of sp³-hybridized carbons (Fsp3) is 0.400. The smallest absolute Gasteiger partial charge is 0.0587 e. The molecule has 1 aromatic carbocycles. The highest BCUT2D eigenvalue weighted by Crippen LogP contribution is 2.26. The van der Waals surface area contributed by atoms with Gasteiger partial charge in [0.1, 0.15) is 0 Å². The minimum absolute atomic E-state index is 0.143. The van der Waals surface area contributed by atoms with Crippen LogP contribution in [0.1, 0.15) is 11.6 Å². The van der Waals surface area contributed by atoms with Crippen molar-refractivity contribution in [1.82, 2.24) is 10.4 Å². The van der Waals surface area contributed by atoms with E-state index in [0.717, 1.165) is 8.95 Å². The molecule has 0 aliphatic rings. The van der Waals surface area contributed by atoms with E-state index in [1.807, 2.05) is 25.2 Å². The number of hydrazine groups is 1. The van der Waals surface area contributed by atoms with Crippen molar-refractivity contribution in [1.29, 1.82) is 0 Å². The maximum Gasteiger partial charge on any atom is 0.0587 e. The van der Waals surface area contributed by atoms with Crippen molar-refractivity contribution in [2.24, 2.45) is 5.73 Å². The molecule has 0 aromatic heterocycles. The fourth-order valence-corrected chi connectivity index (χ4v) is 1.95. The summed E-state index contributed by atoms with van der Waals surface area (Å²) in [5.74, 6) is 0. The lowest BCUT2D eigenvalue weighted by Crippen LogP contribution is -2.37. The van der Waals surface area contributed by atoms with Crippen molar-refractivity contribution < 1.29 is 0 Å². The van der Waals surface area contributed by atoms with Crippen LogP contribution in [0.4, 0.5) is 0 Å². The molecular weight excluding hydrogens is 322 g/mol. The standard InChI is InChI=1S/C10H15Br2N3/c1-15(2)14-10(6-13)7-3-4-8(11)9(12)5-7/h3-5,10,14H,6,13H2,1-2H3. The molecule has 0 saturated carbocycles. The Morgan fingerprint density at radius 2 is 2.00 bits per heavy atom. The Balaban J connectivity index is 2.87. The first-order valence-electron chi connectivity index (χ1n) is 4.63. The van der Waals surface area contributed by atoms with Crippen molar-refractivity contribution in [3.05, 3.63) is 32.7 Å². The molecule has 1 atom stereocenters. The summed E-state index contributed by atoms with van der Waals surface area (Å²) in [5.41, 5.74) is 10.2. The van der Waals surface area contributed by atoms with Gasteiger partial charge in [-0.1, -0.05) is 6.07 Å². The summed E-state index contributed by atoms with van der Waals surface area (Å²) in [6, 6.07) is 6.28. The van der Waals surface area contributed by atoms with Gasteiger partial charge in [-0.3, -0.25) is 0 Å². The molecule has 1 aromatic rings. The van der Waals surface area contributed by atoms with Gasteiger partial charge in [0.05, 0.1) is 6.04 Å². The van der Waals surface area contributed by atoms with Crippen LogP contribution < -0.4 is 11.2 Å². The first kappa shape index (κ1) is 13.1. The summed E-state index contributed by atoms with van der Waals surface area (Å²) in [5, 5.41) is 1.91. The second-order valence-corrected chi connectivity index (χ2v) is 5.19. The molecule has 3 N–H and O–H groups in total. The SMILES string of the molecule is CN(C)NC(CN)c1ccc(Br)c(Br)c1. The van der Waals surface area contributed by atoms with Crippen LogP contribution in [0.3, 0.4) is 0 Å². The molecule has 15 heavy (non-hydrogen) atoms. The Bertz CT molecular complexity index is 328. The lowest BCUT2D eigenvalue weighted by Gasteiger charge is -2.22. The van der Waals surface area contributed by atoms with Gasteiger partial charge in [0, 0.05) is 29.6 Å². The lowest BCUT2D eigenvalue weighted by molar-refractivity contribution is 0.245. The Labute approximate surface area is 107 Å². The first-order valence-corrected chi connectivity index (χ1v) is 6.21. The Morgan fingerprint density at radius 1 is 1.33 bits per heavy atom. The van der Waals surface area contributed by atoms with Crippen molar-refractivity contribution >= 4 is 31.9 Å². The second-order valence-electron chi connectivity index (χ2n) is 3.49. The van der Waals surface area contributed by atoms with Crippen molar-refractivity contribution in [3.63, 3.8) is 0 Å². The van der Waals surface area contributed by atoms with Gasteiger partial charge in [-0.15, -0.1) is 0 Å². The van der Waals surface area contributed by atoms with Gasteiger partial charge >= 0.3 is 0 Å². The molecule has 84 valence electrons. The Kier molecular flexibility index (Phi) is 5.22. The molecule has 0 saturated heterocycles. The van der Waals surface area contributed by atoms with E-state index in [1.54, 1.807) is 0 Å². The van der Waals surface area contributed by atoms with Gasteiger partial charge in [0.25, 0.3) is 0 Å². The van der Waals surface area contributed by atoms with Crippen LogP contribution in [0.5, 0.6) is 0 Å². The molecule has 1 rings (SSSR count). The number of hydrogen-bond acceptors (Lipinski definition) is 3. The summed E-state index contributed by atoms with van der Waals surface area (Å²) in [6.45, 7) is 0.562. The number of rotatable bonds is 4. The predicted molar refractivity (Wildman–Crippen MR) is 70.5 cm³/mol. The van der Waals surface area contributed by atoms with Gasteiger partial charge in [-0.2, -0.15) is 0 Å². The van der Waals surface area contributed by atoms with Crippen LogP contribution >= 0.6 is 31.9 Å². The van der Waals surface area contributed by atoms with E-state index < -0.39 is 0 Å². The molecule has 1 unspecified atom stereocenters. The quantitative estimate of drug-likeness (QED) is 0.829. The van der Waals surface area contributed by atoms with E-state index in [9.17, 15) is 0 Å². The van der Waals surface area contributed by atoms with Gasteiger partial charge in [-0.25, -0.2) is 10.4 Å². The maximum absolute atomic E-state index is 5.73. The highest BCUT2D eigenvalue weighted by Gasteiger charge is 2.10. The second kappa shape index (κ2) is 5.96. The molecule has 0 bridgehead atoms. The topological polar surface area (TPSA) is 41.3 Å². The van der Waals surface area contributed by atoms with E-state index in [0.29, 0.717) is 6.54 Å². The average Bonchev–Trinajstić information content (AvgIpc) is 2.18. The van der Waals surface area contributed by atoms with Crippen molar-refractivity contribution in [3.8, 4) is 0 Å². The number of halogens is 2. The van der Waals surface area contributed by atoms with Crippen LogP contribution in [-0.4, -0.2) is 25.6 Å².